The third-order valence-electron chi connectivity index (χ3n) is 9.50. The lowest BCUT2D eigenvalue weighted by atomic mass is 9.81. The van der Waals surface area contributed by atoms with Gasteiger partial charge in [0.25, 0.3) is 0 Å². The van der Waals surface area contributed by atoms with Crippen molar-refractivity contribution in [2.45, 2.75) is 19.3 Å². The summed E-state index contributed by atoms with van der Waals surface area (Å²) in [5, 5.41) is 7.77. The van der Waals surface area contributed by atoms with E-state index in [-0.39, 0.29) is 5.41 Å². The van der Waals surface area contributed by atoms with Gasteiger partial charge in [0.05, 0.1) is 0 Å². The minimum atomic E-state index is -0.145. The van der Waals surface area contributed by atoms with Crippen molar-refractivity contribution in [3.05, 3.63) is 151 Å². The van der Waals surface area contributed by atoms with Gasteiger partial charge in [-0.15, -0.1) is 0 Å². The summed E-state index contributed by atoms with van der Waals surface area (Å²) in [7, 11) is 0. The molecular weight excluding hydrogens is 546 g/mol. The summed E-state index contributed by atoms with van der Waals surface area (Å²) in [5.41, 5.74) is 7.98. The number of benzene rings is 7. The van der Waals surface area contributed by atoms with Crippen molar-refractivity contribution in [1.82, 2.24) is 15.0 Å². The van der Waals surface area contributed by atoms with Crippen LogP contribution >= 0.6 is 0 Å². The molecule has 0 radical (unpaired) electrons. The van der Waals surface area contributed by atoms with Crippen LogP contribution in [0.25, 0.3) is 77.6 Å². The Morgan fingerprint density at radius 2 is 0.778 bits per heavy atom. The Kier molecular flexibility index (Phi) is 5.54. The van der Waals surface area contributed by atoms with Gasteiger partial charge in [-0.2, -0.15) is 0 Å². The average Bonchev–Trinajstić information content (AvgIpc) is 3.33. The highest BCUT2D eigenvalue weighted by atomic mass is 15.0. The van der Waals surface area contributed by atoms with Crippen molar-refractivity contribution in [1.29, 1.82) is 0 Å². The van der Waals surface area contributed by atoms with Gasteiger partial charge in [0.1, 0.15) is 0 Å². The molecule has 0 unspecified atom stereocenters. The summed E-state index contributed by atoms with van der Waals surface area (Å²) in [4.78, 5) is 14.9. The predicted molar refractivity (Wildman–Crippen MR) is 186 cm³/mol. The molecule has 9 rings (SSSR count). The van der Waals surface area contributed by atoms with Crippen molar-refractivity contribution in [3.63, 3.8) is 0 Å². The Morgan fingerprint density at radius 1 is 0.356 bits per heavy atom. The van der Waals surface area contributed by atoms with Gasteiger partial charge in [-0.05, 0) is 72.8 Å². The van der Waals surface area contributed by atoms with E-state index in [2.05, 4.69) is 117 Å². The van der Waals surface area contributed by atoms with Gasteiger partial charge in [0, 0.05) is 22.1 Å². The van der Waals surface area contributed by atoms with Crippen LogP contribution in [0.15, 0.2) is 140 Å². The first-order valence-corrected chi connectivity index (χ1v) is 15.5. The summed E-state index contributed by atoms with van der Waals surface area (Å²) in [5.74, 6) is 2.02. The number of nitrogens with zero attached hydrogens (tertiary/aromatic N) is 3. The molecule has 0 N–H and O–H groups in total. The van der Waals surface area contributed by atoms with Gasteiger partial charge in [0.15, 0.2) is 17.5 Å². The molecule has 3 nitrogen and oxygen atoms in total. The van der Waals surface area contributed by atoms with Crippen LogP contribution in [0.1, 0.15) is 25.0 Å². The standard InChI is InChI=1S/C42H29N3/c1-42(2)37-22-21-28(41-44-39(26-13-5-3-6-14-26)43-40(45-41)27-15-7-4-8-16-27)23-35(37)36-24-33-31-19-11-9-17-29(31)30-18-10-12-20-32(30)34(33)25-38(36)42/h3-25H,1-2H3. The fourth-order valence-corrected chi connectivity index (χ4v) is 7.22. The lowest BCUT2D eigenvalue weighted by molar-refractivity contribution is 0.661. The van der Waals surface area contributed by atoms with Crippen molar-refractivity contribution in [3.8, 4) is 45.3 Å². The molecule has 0 amide bonds. The van der Waals surface area contributed by atoms with Crippen LogP contribution in [0.3, 0.4) is 0 Å². The van der Waals surface area contributed by atoms with E-state index in [1.54, 1.807) is 0 Å². The molecule has 0 saturated heterocycles. The second kappa shape index (κ2) is 9.67. The lowest BCUT2D eigenvalue weighted by Gasteiger charge is -2.22. The third-order valence-corrected chi connectivity index (χ3v) is 9.50. The van der Waals surface area contributed by atoms with E-state index < -0.39 is 0 Å². The molecule has 3 heteroatoms. The average molecular weight is 576 g/mol. The topological polar surface area (TPSA) is 38.7 Å². The van der Waals surface area contributed by atoms with E-state index in [4.69, 9.17) is 15.0 Å². The fourth-order valence-electron chi connectivity index (χ4n) is 7.22. The number of hydrogen-bond acceptors (Lipinski definition) is 3. The Balaban J connectivity index is 1.28. The zero-order chi connectivity index (χ0) is 30.1. The van der Waals surface area contributed by atoms with Crippen molar-refractivity contribution in [2.24, 2.45) is 0 Å². The summed E-state index contributed by atoms with van der Waals surface area (Å²) >= 11 is 0. The minimum Gasteiger partial charge on any atom is -0.208 e. The number of fused-ring (bicyclic) bond motifs is 9. The number of hydrogen-bond donors (Lipinski definition) is 0. The highest BCUT2D eigenvalue weighted by Crippen LogP contribution is 2.52. The molecule has 0 fully saturated rings. The van der Waals surface area contributed by atoms with Crippen molar-refractivity contribution >= 4 is 32.3 Å². The summed E-state index contributed by atoms with van der Waals surface area (Å²) in [6.07, 6.45) is 0. The van der Waals surface area contributed by atoms with Crippen LogP contribution in [-0.4, -0.2) is 15.0 Å². The first-order valence-electron chi connectivity index (χ1n) is 15.5. The first-order chi connectivity index (χ1) is 22.1. The minimum absolute atomic E-state index is 0.145. The molecule has 1 aliphatic carbocycles. The highest BCUT2D eigenvalue weighted by Gasteiger charge is 2.36. The first kappa shape index (κ1) is 25.8. The molecule has 0 bridgehead atoms. The Labute approximate surface area is 261 Å². The van der Waals surface area contributed by atoms with Crippen LogP contribution in [0.5, 0.6) is 0 Å². The van der Waals surface area contributed by atoms with Gasteiger partial charge < -0.3 is 0 Å². The number of aromatic nitrogens is 3. The Hall–Kier alpha value is -5.67. The number of rotatable bonds is 3. The molecule has 1 aromatic heterocycles. The van der Waals surface area contributed by atoms with Crippen LogP contribution in [0.2, 0.25) is 0 Å². The molecule has 7 aromatic carbocycles. The second-order valence-corrected chi connectivity index (χ2v) is 12.5. The zero-order valence-electron chi connectivity index (χ0n) is 25.1. The highest BCUT2D eigenvalue weighted by molar-refractivity contribution is 6.26. The smallest absolute Gasteiger partial charge is 0.164 e. The van der Waals surface area contributed by atoms with Gasteiger partial charge in [0.2, 0.25) is 0 Å². The SMILES string of the molecule is CC1(C)c2ccc(-c3nc(-c4ccccc4)nc(-c4ccccc4)n3)cc2-c2cc3c4ccccc4c4ccccc4c3cc21. The summed E-state index contributed by atoms with van der Waals surface area (Å²) < 4.78 is 0. The van der Waals surface area contributed by atoms with E-state index in [9.17, 15) is 0 Å². The molecule has 45 heavy (non-hydrogen) atoms. The Morgan fingerprint density at radius 3 is 1.31 bits per heavy atom. The van der Waals surface area contributed by atoms with Gasteiger partial charge >= 0.3 is 0 Å². The maximum Gasteiger partial charge on any atom is 0.164 e. The lowest BCUT2D eigenvalue weighted by Crippen LogP contribution is -2.15. The molecular formula is C42H29N3. The monoisotopic (exact) mass is 575 g/mol. The molecule has 1 heterocycles. The van der Waals surface area contributed by atoms with E-state index in [1.165, 1.54) is 54.6 Å². The van der Waals surface area contributed by atoms with E-state index >= 15 is 0 Å². The summed E-state index contributed by atoms with van der Waals surface area (Å²) in [6, 6.07) is 49.5. The molecule has 1 aliphatic rings. The molecule has 0 spiro atoms. The second-order valence-electron chi connectivity index (χ2n) is 12.5. The van der Waals surface area contributed by atoms with E-state index in [1.807, 2.05) is 36.4 Å². The summed E-state index contributed by atoms with van der Waals surface area (Å²) in [6.45, 7) is 4.69. The maximum atomic E-state index is 5.02. The van der Waals surface area contributed by atoms with Crippen LogP contribution in [0.4, 0.5) is 0 Å². The van der Waals surface area contributed by atoms with Crippen molar-refractivity contribution in [2.75, 3.05) is 0 Å². The maximum absolute atomic E-state index is 5.02. The van der Waals surface area contributed by atoms with Crippen LogP contribution in [0, 0.1) is 0 Å². The Bertz CT molecular complexity index is 2390. The van der Waals surface area contributed by atoms with E-state index in [0.29, 0.717) is 17.5 Å². The largest absolute Gasteiger partial charge is 0.208 e. The molecule has 212 valence electrons. The predicted octanol–water partition coefficient (Wildman–Crippen LogP) is 10.6. The molecule has 0 atom stereocenters. The molecule has 8 aromatic rings. The van der Waals surface area contributed by atoms with Gasteiger partial charge in [-0.25, -0.2) is 15.0 Å². The quantitative estimate of drug-likeness (QED) is 0.197. The van der Waals surface area contributed by atoms with E-state index in [0.717, 1.165) is 16.7 Å². The van der Waals surface area contributed by atoms with Gasteiger partial charge in [-0.1, -0.05) is 135 Å². The third kappa shape index (κ3) is 3.94. The fraction of sp³-hybridized carbons (Fsp3) is 0.0714. The molecule has 0 aliphatic heterocycles. The zero-order valence-corrected chi connectivity index (χ0v) is 25.1. The van der Waals surface area contributed by atoms with Gasteiger partial charge in [-0.3, -0.25) is 0 Å². The van der Waals surface area contributed by atoms with Crippen molar-refractivity contribution < 1.29 is 0 Å². The molecule has 0 saturated carbocycles. The van der Waals surface area contributed by atoms with Crippen LogP contribution < -0.4 is 0 Å². The normalized spacial score (nSPS) is 13.3. The van der Waals surface area contributed by atoms with Crippen LogP contribution in [-0.2, 0) is 5.41 Å².